The highest BCUT2D eigenvalue weighted by molar-refractivity contribution is 5.70. The van der Waals surface area contributed by atoms with Gasteiger partial charge in [0.2, 0.25) is 0 Å². The van der Waals surface area contributed by atoms with E-state index in [1.54, 1.807) is 6.92 Å². The number of carbonyl (C=O) groups excluding carboxylic acids is 1. The third-order valence-electron chi connectivity index (χ3n) is 5.64. The normalized spacial score (nSPS) is 18.6. The topological polar surface area (TPSA) is 42.0 Å². The minimum Gasteiger partial charge on any atom is -0.464 e. The molecule has 1 atom stereocenters. The van der Waals surface area contributed by atoms with Crippen molar-refractivity contribution in [3.05, 3.63) is 65.2 Å². The minimum atomic E-state index is -0.290. The van der Waals surface area contributed by atoms with Crippen LogP contribution in [0.5, 0.6) is 0 Å². The summed E-state index contributed by atoms with van der Waals surface area (Å²) in [7, 11) is 0. The standard InChI is InChI=1S/C23H28N2O3/c1-2-28-23(26)17-27-14-13-24-11-12-25-21-10-6-4-8-19(21)15-18-7-3-5-9-20(18)22(25)16-24/h3-10,22H,2,11-17H2,1H3. The number of benzene rings is 2. The number of nitrogens with zero attached hydrogens (tertiary/aromatic N) is 2. The molecule has 4 rings (SSSR count). The van der Waals surface area contributed by atoms with Gasteiger partial charge in [0.15, 0.2) is 0 Å². The Morgan fingerprint density at radius 2 is 1.86 bits per heavy atom. The zero-order valence-electron chi connectivity index (χ0n) is 16.5. The van der Waals surface area contributed by atoms with Gasteiger partial charge in [-0.25, -0.2) is 4.79 Å². The third kappa shape index (κ3) is 4.05. The summed E-state index contributed by atoms with van der Waals surface area (Å²) < 4.78 is 10.4. The van der Waals surface area contributed by atoms with Gasteiger partial charge in [0.05, 0.1) is 19.3 Å². The number of hydrogen-bond acceptors (Lipinski definition) is 5. The van der Waals surface area contributed by atoms with Crippen LogP contribution in [0, 0.1) is 0 Å². The predicted octanol–water partition coefficient (Wildman–Crippen LogP) is 3.03. The van der Waals surface area contributed by atoms with Gasteiger partial charge < -0.3 is 14.4 Å². The average Bonchev–Trinajstić information content (AvgIpc) is 2.86. The lowest BCUT2D eigenvalue weighted by Gasteiger charge is -2.43. The second kappa shape index (κ2) is 8.76. The van der Waals surface area contributed by atoms with Crippen LogP contribution in [0.4, 0.5) is 5.69 Å². The van der Waals surface area contributed by atoms with Crippen LogP contribution in [0.3, 0.4) is 0 Å². The van der Waals surface area contributed by atoms with Gasteiger partial charge >= 0.3 is 5.97 Å². The number of esters is 1. The molecule has 0 spiro atoms. The first kappa shape index (κ1) is 19.0. The summed E-state index contributed by atoms with van der Waals surface area (Å²) in [5, 5.41) is 0. The Morgan fingerprint density at radius 1 is 1.07 bits per heavy atom. The van der Waals surface area contributed by atoms with Crippen molar-refractivity contribution in [2.45, 2.75) is 19.4 Å². The number of piperazine rings is 1. The average molecular weight is 380 g/mol. The molecule has 0 aliphatic carbocycles. The summed E-state index contributed by atoms with van der Waals surface area (Å²) in [6.45, 7) is 6.56. The van der Waals surface area contributed by atoms with Crippen molar-refractivity contribution in [2.24, 2.45) is 0 Å². The molecule has 1 unspecified atom stereocenters. The maximum absolute atomic E-state index is 11.4. The lowest BCUT2D eigenvalue weighted by Crippen LogP contribution is -2.49. The quantitative estimate of drug-likeness (QED) is 0.569. The Balaban J connectivity index is 1.46. The number of anilines is 1. The summed E-state index contributed by atoms with van der Waals surface area (Å²) in [6, 6.07) is 18.0. The van der Waals surface area contributed by atoms with Crippen LogP contribution in [0.25, 0.3) is 0 Å². The fraction of sp³-hybridized carbons (Fsp3) is 0.435. The molecule has 2 aromatic carbocycles. The number of carbonyl (C=O) groups is 1. The molecule has 0 amide bonds. The van der Waals surface area contributed by atoms with E-state index in [-0.39, 0.29) is 12.6 Å². The lowest BCUT2D eigenvalue weighted by molar-refractivity contribution is -0.148. The molecule has 0 aromatic heterocycles. The first-order valence-electron chi connectivity index (χ1n) is 10.1. The van der Waals surface area contributed by atoms with Crippen molar-refractivity contribution in [2.75, 3.05) is 50.9 Å². The monoisotopic (exact) mass is 380 g/mol. The minimum absolute atomic E-state index is 0.0352. The van der Waals surface area contributed by atoms with Gasteiger partial charge in [-0.3, -0.25) is 4.90 Å². The molecule has 0 radical (unpaired) electrons. The van der Waals surface area contributed by atoms with Gasteiger partial charge in [-0.05, 0) is 36.1 Å². The predicted molar refractivity (Wildman–Crippen MR) is 110 cm³/mol. The maximum atomic E-state index is 11.4. The molecule has 0 bridgehead atoms. The molecule has 2 aromatic rings. The zero-order chi connectivity index (χ0) is 19.3. The molecule has 0 saturated carbocycles. The van der Waals surface area contributed by atoms with Crippen LogP contribution in [-0.2, 0) is 20.7 Å². The first-order chi connectivity index (χ1) is 13.8. The Bertz CT molecular complexity index is 823. The Morgan fingerprint density at radius 3 is 2.71 bits per heavy atom. The number of hydrogen-bond donors (Lipinski definition) is 0. The highest BCUT2D eigenvalue weighted by Crippen LogP contribution is 2.38. The van der Waals surface area contributed by atoms with E-state index in [4.69, 9.17) is 9.47 Å². The molecule has 1 saturated heterocycles. The molecule has 1 fully saturated rings. The third-order valence-corrected chi connectivity index (χ3v) is 5.64. The van der Waals surface area contributed by atoms with Gasteiger partial charge in [-0.15, -0.1) is 0 Å². The van der Waals surface area contributed by atoms with E-state index in [0.717, 1.165) is 32.6 Å². The van der Waals surface area contributed by atoms with Crippen LogP contribution in [0.15, 0.2) is 48.5 Å². The zero-order valence-corrected chi connectivity index (χ0v) is 16.5. The van der Waals surface area contributed by atoms with Gasteiger partial charge in [0, 0.05) is 31.9 Å². The molecular formula is C23H28N2O3. The number of rotatable bonds is 6. The molecule has 0 N–H and O–H groups in total. The summed E-state index contributed by atoms with van der Waals surface area (Å²) in [5.74, 6) is -0.290. The van der Waals surface area contributed by atoms with Crippen molar-refractivity contribution in [1.82, 2.24) is 4.90 Å². The fourth-order valence-corrected chi connectivity index (χ4v) is 4.31. The molecule has 148 valence electrons. The molecular weight excluding hydrogens is 352 g/mol. The van der Waals surface area contributed by atoms with Crippen molar-refractivity contribution >= 4 is 11.7 Å². The number of ether oxygens (including phenoxy) is 2. The first-order valence-corrected chi connectivity index (χ1v) is 10.1. The summed E-state index contributed by atoms with van der Waals surface area (Å²) in [4.78, 5) is 16.4. The summed E-state index contributed by atoms with van der Waals surface area (Å²) in [6.07, 6.45) is 0.988. The SMILES string of the molecule is CCOC(=O)COCCN1CCN2c3ccccc3Cc3ccccc3C2C1. The van der Waals surface area contributed by atoms with E-state index < -0.39 is 0 Å². The van der Waals surface area contributed by atoms with Crippen LogP contribution in [0.2, 0.25) is 0 Å². The molecule has 28 heavy (non-hydrogen) atoms. The van der Waals surface area contributed by atoms with Crippen molar-refractivity contribution < 1.29 is 14.3 Å². The van der Waals surface area contributed by atoms with Crippen LogP contribution in [-0.4, -0.2) is 56.9 Å². The summed E-state index contributed by atoms with van der Waals surface area (Å²) >= 11 is 0. The van der Waals surface area contributed by atoms with Crippen molar-refractivity contribution in [3.8, 4) is 0 Å². The second-order valence-electron chi connectivity index (χ2n) is 7.37. The lowest BCUT2D eigenvalue weighted by atomic mass is 9.96. The highest BCUT2D eigenvalue weighted by atomic mass is 16.6. The molecule has 2 heterocycles. The van der Waals surface area contributed by atoms with E-state index in [1.165, 1.54) is 22.4 Å². The van der Waals surface area contributed by atoms with Crippen LogP contribution >= 0.6 is 0 Å². The fourth-order valence-electron chi connectivity index (χ4n) is 4.31. The summed E-state index contributed by atoms with van der Waals surface area (Å²) in [5.41, 5.74) is 5.62. The number of para-hydroxylation sites is 1. The van der Waals surface area contributed by atoms with Crippen LogP contribution in [0.1, 0.15) is 29.7 Å². The molecule has 5 nitrogen and oxygen atoms in total. The largest absolute Gasteiger partial charge is 0.464 e. The van der Waals surface area contributed by atoms with E-state index in [2.05, 4.69) is 58.3 Å². The molecule has 2 aliphatic heterocycles. The van der Waals surface area contributed by atoms with Gasteiger partial charge in [-0.2, -0.15) is 0 Å². The van der Waals surface area contributed by atoms with Gasteiger partial charge in [0.1, 0.15) is 6.61 Å². The van der Waals surface area contributed by atoms with E-state index in [1.807, 2.05) is 0 Å². The van der Waals surface area contributed by atoms with Crippen molar-refractivity contribution in [3.63, 3.8) is 0 Å². The Hall–Kier alpha value is -2.37. The van der Waals surface area contributed by atoms with Crippen LogP contribution < -0.4 is 4.90 Å². The number of fused-ring (bicyclic) bond motifs is 5. The maximum Gasteiger partial charge on any atom is 0.332 e. The van der Waals surface area contributed by atoms with E-state index in [0.29, 0.717) is 19.3 Å². The highest BCUT2D eigenvalue weighted by Gasteiger charge is 2.32. The smallest absolute Gasteiger partial charge is 0.332 e. The van der Waals surface area contributed by atoms with Crippen molar-refractivity contribution in [1.29, 1.82) is 0 Å². The van der Waals surface area contributed by atoms with Gasteiger partial charge in [0.25, 0.3) is 0 Å². The van der Waals surface area contributed by atoms with Gasteiger partial charge in [-0.1, -0.05) is 42.5 Å². The molecule has 5 heteroatoms. The Kier molecular flexibility index (Phi) is 5.93. The Labute approximate surface area is 166 Å². The molecule has 2 aliphatic rings. The van der Waals surface area contributed by atoms with E-state index in [9.17, 15) is 4.79 Å². The second-order valence-corrected chi connectivity index (χ2v) is 7.37. The van der Waals surface area contributed by atoms with E-state index >= 15 is 0 Å².